The van der Waals surface area contributed by atoms with Crippen molar-refractivity contribution < 1.29 is 14.3 Å². The zero-order valence-electron chi connectivity index (χ0n) is 12.2. The van der Waals surface area contributed by atoms with E-state index in [1.165, 1.54) is 18.2 Å². The van der Waals surface area contributed by atoms with Gasteiger partial charge in [-0.15, -0.1) is 0 Å². The quantitative estimate of drug-likeness (QED) is 0.501. The smallest absolute Gasteiger partial charge is 0.350 e. The normalized spacial score (nSPS) is 10.5. The highest BCUT2D eigenvalue weighted by Gasteiger charge is 2.08. The summed E-state index contributed by atoms with van der Waals surface area (Å²) in [6.45, 7) is 0. The first-order valence-corrected chi connectivity index (χ1v) is 6.22. The maximum Gasteiger partial charge on any atom is 0.350 e. The van der Waals surface area contributed by atoms with Crippen LogP contribution in [0.5, 0.6) is 0 Å². The number of nitrogens with zero attached hydrogens (tertiary/aromatic N) is 2. The fraction of sp³-hybridized carbons (Fsp3) is 0.267. The molecule has 0 spiro atoms. The van der Waals surface area contributed by atoms with Gasteiger partial charge in [-0.1, -0.05) is 12.1 Å². The van der Waals surface area contributed by atoms with E-state index in [4.69, 9.17) is 5.26 Å². The number of nitrogens with one attached hydrogen (secondary N) is 1. The highest BCUT2D eigenvalue weighted by Crippen LogP contribution is 2.11. The lowest BCUT2D eigenvalue weighted by Crippen LogP contribution is -2.23. The molecule has 0 radical (unpaired) electrons. The van der Waals surface area contributed by atoms with Crippen LogP contribution in [0.25, 0.3) is 0 Å². The third-order valence-corrected chi connectivity index (χ3v) is 2.72. The van der Waals surface area contributed by atoms with Gasteiger partial charge in [0.1, 0.15) is 6.07 Å². The standard InChI is InChI=1S/C15H17N3O3/c1-18(2)14(19)8-11-4-6-13(7-5-11)17-10-12(9-16)15(20)21-3/h4-7,10,17H,8H2,1-3H3/b12-10-. The number of hydrogen-bond acceptors (Lipinski definition) is 5. The van der Waals surface area contributed by atoms with E-state index in [0.29, 0.717) is 12.1 Å². The molecule has 21 heavy (non-hydrogen) atoms. The molecule has 0 aliphatic carbocycles. The average molecular weight is 287 g/mol. The third-order valence-electron chi connectivity index (χ3n) is 2.72. The Morgan fingerprint density at radius 3 is 2.43 bits per heavy atom. The van der Waals surface area contributed by atoms with Crippen molar-refractivity contribution in [1.29, 1.82) is 5.26 Å². The molecule has 0 saturated carbocycles. The number of benzene rings is 1. The summed E-state index contributed by atoms with van der Waals surface area (Å²) >= 11 is 0. The molecule has 0 unspecified atom stereocenters. The molecule has 0 saturated heterocycles. The first-order valence-electron chi connectivity index (χ1n) is 6.22. The minimum Gasteiger partial charge on any atom is -0.465 e. The number of rotatable bonds is 5. The molecule has 0 bridgehead atoms. The van der Waals surface area contributed by atoms with Crippen LogP contribution < -0.4 is 5.32 Å². The summed E-state index contributed by atoms with van der Waals surface area (Å²) in [7, 11) is 4.63. The monoisotopic (exact) mass is 287 g/mol. The first kappa shape index (κ1) is 16.2. The van der Waals surface area contributed by atoms with E-state index in [2.05, 4.69) is 10.1 Å². The van der Waals surface area contributed by atoms with Gasteiger partial charge < -0.3 is 15.0 Å². The van der Waals surface area contributed by atoms with Crippen LogP contribution >= 0.6 is 0 Å². The Morgan fingerprint density at radius 1 is 1.33 bits per heavy atom. The molecule has 1 aromatic carbocycles. The fourth-order valence-electron chi connectivity index (χ4n) is 1.45. The molecular weight excluding hydrogens is 270 g/mol. The summed E-state index contributed by atoms with van der Waals surface area (Å²) in [5.41, 5.74) is 1.47. The van der Waals surface area contributed by atoms with Gasteiger partial charge in [-0.05, 0) is 17.7 Å². The number of likely N-dealkylation sites (N-methyl/N-ethyl adjacent to an activating group) is 1. The zero-order chi connectivity index (χ0) is 15.8. The zero-order valence-corrected chi connectivity index (χ0v) is 12.2. The number of carbonyl (C=O) groups is 2. The third kappa shape index (κ3) is 4.99. The van der Waals surface area contributed by atoms with E-state index < -0.39 is 5.97 Å². The van der Waals surface area contributed by atoms with E-state index in [9.17, 15) is 9.59 Å². The number of nitriles is 1. The second-order valence-electron chi connectivity index (χ2n) is 4.47. The van der Waals surface area contributed by atoms with Gasteiger partial charge in [-0.3, -0.25) is 4.79 Å². The number of hydrogen-bond donors (Lipinski definition) is 1. The van der Waals surface area contributed by atoms with Crippen LogP contribution in [-0.2, 0) is 20.7 Å². The Hall–Kier alpha value is -2.81. The van der Waals surface area contributed by atoms with E-state index in [0.717, 1.165) is 5.56 Å². The minimum atomic E-state index is -0.696. The molecule has 0 fully saturated rings. The highest BCUT2D eigenvalue weighted by molar-refractivity contribution is 5.93. The van der Waals surface area contributed by atoms with E-state index in [-0.39, 0.29) is 11.5 Å². The molecular formula is C15H17N3O3. The molecule has 6 heteroatoms. The molecule has 0 atom stereocenters. The lowest BCUT2D eigenvalue weighted by Gasteiger charge is -2.10. The Kier molecular flexibility index (Phi) is 5.96. The second-order valence-corrected chi connectivity index (χ2v) is 4.47. The average Bonchev–Trinajstić information content (AvgIpc) is 2.48. The van der Waals surface area contributed by atoms with Crippen molar-refractivity contribution >= 4 is 17.6 Å². The maximum absolute atomic E-state index is 11.6. The summed E-state index contributed by atoms with van der Waals surface area (Å²) in [5.74, 6) is -0.675. The van der Waals surface area contributed by atoms with Crippen LogP contribution in [0.3, 0.4) is 0 Å². The number of anilines is 1. The maximum atomic E-state index is 11.6. The van der Waals surface area contributed by atoms with Crippen LogP contribution in [0.15, 0.2) is 36.0 Å². The Balaban J connectivity index is 2.71. The van der Waals surface area contributed by atoms with Crippen LogP contribution in [-0.4, -0.2) is 38.0 Å². The van der Waals surface area contributed by atoms with Crippen LogP contribution in [0.4, 0.5) is 5.69 Å². The van der Waals surface area contributed by atoms with E-state index in [1.807, 2.05) is 12.1 Å². The summed E-state index contributed by atoms with van der Waals surface area (Å²) < 4.78 is 4.47. The van der Waals surface area contributed by atoms with Crippen molar-refractivity contribution in [1.82, 2.24) is 4.90 Å². The van der Waals surface area contributed by atoms with Crippen LogP contribution in [0.2, 0.25) is 0 Å². The number of ether oxygens (including phenoxy) is 1. The number of methoxy groups -OCH3 is 1. The van der Waals surface area contributed by atoms with Crippen molar-refractivity contribution in [3.05, 3.63) is 41.6 Å². The summed E-state index contributed by atoms with van der Waals surface area (Å²) in [6.07, 6.45) is 1.61. The van der Waals surface area contributed by atoms with Crippen molar-refractivity contribution in [2.24, 2.45) is 0 Å². The Labute approximate surface area is 123 Å². The molecule has 1 aromatic rings. The highest BCUT2D eigenvalue weighted by atomic mass is 16.5. The second kappa shape index (κ2) is 7.70. The van der Waals surface area contributed by atoms with Gasteiger partial charge in [0.05, 0.1) is 13.5 Å². The van der Waals surface area contributed by atoms with Gasteiger partial charge in [0.2, 0.25) is 5.91 Å². The fourth-order valence-corrected chi connectivity index (χ4v) is 1.45. The van der Waals surface area contributed by atoms with Crippen molar-refractivity contribution in [3.8, 4) is 6.07 Å². The molecule has 0 aliphatic rings. The summed E-state index contributed by atoms with van der Waals surface area (Å²) in [5, 5.41) is 11.6. The SMILES string of the molecule is COC(=O)/C(C#N)=C\Nc1ccc(CC(=O)N(C)C)cc1. The van der Waals surface area contributed by atoms with Gasteiger partial charge in [0.25, 0.3) is 0 Å². The Morgan fingerprint density at radius 2 is 1.95 bits per heavy atom. The topological polar surface area (TPSA) is 82.4 Å². The minimum absolute atomic E-state index is 0.0214. The van der Waals surface area contributed by atoms with Gasteiger partial charge in [0.15, 0.2) is 5.57 Å². The van der Waals surface area contributed by atoms with Gasteiger partial charge in [-0.2, -0.15) is 5.26 Å². The molecule has 1 rings (SSSR count). The Bertz CT molecular complexity index is 583. The predicted octanol–water partition coefficient (Wildman–Crippen LogP) is 1.31. The molecule has 1 N–H and O–H groups in total. The van der Waals surface area contributed by atoms with Crippen molar-refractivity contribution in [3.63, 3.8) is 0 Å². The lowest BCUT2D eigenvalue weighted by molar-refractivity contribution is -0.135. The van der Waals surface area contributed by atoms with Crippen molar-refractivity contribution in [2.45, 2.75) is 6.42 Å². The van der Waals surface area contributed by atoms with Gasteiger partial charge in [0, 0.05) is 26.0 Å². The summed E-state index contributed by atoms with van der Waals surface area (Å²) in [4.78, 5) is 24.3. The molecule has 0 aromatic heterocycles. The number of esters is 1. The molecule has 6 nitrogen and oxygen atoms in total. The number of amides is 1. The van der Waals surface area contributed by atoms with Crippen LogP contribution in [0.1, 0.15) is 5.56 Å². The van der Waals surface area contributed by atoms with Gasteiger partial charge >= 0.3 is 5.97 Å². The molecule has 0 heterocycles. The summed E-state index contributed by atoms with van der Waals surface area (Å²) in [6, 6.07) is 8.89. The molecule has 0 aliphatic heterocycles. The van der Waals surface area contributed by atoms with Crippen molar-refractivity contribution in [2.75, 3.05) is 26.5 Å². The lowest BCUT2D eigenvalue weighted by atomic mass is 10.1. The van der Waals surface area contributed by atoms with Crippen LogP contribution in [0, 0.1) is 11.3 Å². The van der Waals surface area contributed by atoms with E-state index in [1.54, 1.807) is 32.3 Å². The van der Waals surface area contributed by atoms with E-state index >= 15 is 0 Å². The first-order chi connectivity index (χ1) is 9.97. The largest absolute Gasteiger partial charge is 0.465 e. The molecule has 110 valence electrons. The van der Waals surface area contributed by atoms with Gasteiger partial charge in [-0.25, -0.2) is 4.79 Å². The predicted molar refractivity (Wildman–Crippen MR) is 78.2 cm³/mol. The molecule has 1 amide bonds. The number of carbonyl (C=O) groups excluding carboxylic acids is 2.